The summed E-state index contributed by atoms with van der Waals surface area (Å²) in [6.07, 6.45) is 3.74. The fraction of sp³-hybridized carbons (Fsp3) is 0.150. The topological polar surface area (TPSA) is 76.5 Å². The van der Waals surface area contributed by atoms with E-state index in [4.69, 9.17) is 9.84 Å². The van der Waals surface area contributed by atoms with Crippen LogP contribution in [0.3, 0.4) is 0 Å². The first-order valence-corrected chi connectivity index (χ1v) is 10.1. The number of rotatable bonds is 9. The zero-order chi connectivity index (χ0) is 19.1. The van der Waals surface area contributed by atoms with Crippen molar-refractivity contribution in [2.24, 2.45) is 0 Å². The number of nitrogens with zero attached hydrogens (tertiary/aromatic N) is 1. The maximum Gasteiger partial charge on any atom is 0.303 e. The first-order chi connectivity index (χ1) is 13.1. The number of hydrogen-bond acceptors (Lipinski definition) is 6. The average Bonchev–Trinajstić information content (AvgIpc) is 3.35. The van der Waals surface area contributed by atoms with Crippen LogP contribution in [0, 0.1) is 0 Å². The van der Waals surface area contributed by atoms with Gasteiger partial charge in [-0.05, 0) is 54.3 Å². The lowest BCUT2D eigenvalue weighted by molar-refractivity contribution is -0.137. The molecule has 0 aliphatic heterocycles. The predicted octanol–water partition coefficient (Wildman–Crippen LogP) is 5.01. The molecule has 2 heterocycles. The predicted molar refractivity (Wildman–Crippen MR) is 108 cm³/mol. The standard InChI is InChI=1S/C20H17NO4S2/c22-18(8-5-16-13-27-20(21-16)15-9-11-26-12-15)14-3-6-17(7-4-14)25-10-1-2-19(23)24/h3-9,11-13H,1-2,10H2,(H,23,24)/b8-5+. The zero-order valence-electron chi connectivity index (χ0n) is 14.3. The highest BCUT2D eigenvalue weighted by molar-refractivity contribution is 7.14. The number of ketones is 1. The van der Waals surface area contributed by atoms with Crippen LogP contribution >= 0.6 is 22.7 Å². The Labute approximate surface area is 164 Å². The van der Waals surface area contributed by atoms with Crippen LogP contribution in [-0.2, 0) is 4.79 Å². The van der Waals surface area contributed by atoms with Crippen molar-refractivity contribution in [1.29, 1.82) is 0 Å². The maximum atomic E-state index is 12.3. The van der Waals surface area contributed by atoms with Crippen LogP contribution in [0.25, 0.3) is 16.6 Å². The Hall–Kier alpha value is -2.77. The number of thiazole rings is 1. The van der Waals surface area contributed by atoms with Gasteiger partial charge in [-0.3, -0.25) is 9.59 Å². The maximum absolute atomic E-state index is 12.3. The summed E-state index contributed by atoms with van der Waals surface area (Å²) in [4.78, 5) is 27.2. The second kappa shape index (κ2) is 9.25. The molecule has 0 amide bonds. The van der Waals surface area contributed by atoms with E-state index in [1.807, 2.05) is 22.2 Å². The second-order valence-electron chi connectivity index (χ2n) is 5.66. The third kappa shape index (κ3) is 5.60. The molecular weight excluding hydrogens is 382 g/mol. The fourth-order valence-electron chi connectivity index (χ4n) is 2.27. The summed E-state index contributed by atoms with van der Waals surface area (Å²) in [7, 11) is 0. The number of aliphatic carboxylic acids is 1. The highest BCUT2D eigenvalue weighted by Gasteiger charge is 2.06. The molecule has 0 unspecified atom stereocenters. The molecule has 1 N–H and O–H groups in total. The summed E-state index contributed by atoms with van der Waals surface area (Å²) in [6.45, 7) is 0.329. The van der Waals surface area contributed by atoms with E-state index in [-0.39, 0.29) is 12.2 Å². The lowest BCUT2D eigenvalue weighted by atomic mass is 10.1. The van der Waals surface area contributed by atoms with E-state index >= 15 is 0 Å². The average molecular weight is 399 g/mol. The van der Waals surface area contributed by atoms with Crippen molar-refractivity contribution in [3.8, 4) is 16.3 Å². The lowest BCUT2D eigenvalue weighted by Crippen LogP contribution is -2.02. The second-order valence-corrected chi connectivity index (χ2v) is 7.30. The van der Waals surface area contributed by atoms with Gasteiger partial charge in [-0.2, -0.15) is 11.3 Å². The number of carboxylic acid groups (broad SMARTS) is 1. The van der Waals surface area contributed by atoms with Crippen molar-refractivity contribution < 1.29 is 19.4 Å². The summed E-state index contributed by atoms with van der Waals surface area (Å²) < 4.78 is 5.46. The van der Waals surface area contributed by atoms with Crippen LogP contribution in [0.2, 0.25) is 0 Å². The Morgan fingerprint density at radius 3 is 2.67 bits per heavy atom. The number of aromatic nitrogens is 1. The first-order valence-electron chi connectivity index (χ1n) is 8.27. The number of carbonyl (C=O) groups excluding carboxylic acids is 1. The summed E-state index contributed by atoms with van der Waals surface area (Å²) in [5.74, 6) is -0.341. The normalized spacial score (nSPS) is 11.0. The molecule has 7 heteroatoms. The van der Waals surface area contributed by atoms with Crippen LogP contribution < -0.4 is 4.74 Å². The van der Waals surface area contributed by atoms with Crippen LogP contribution in [0.4, 0.5) is 0 Å². The van der Waals surface area contributed by atoms with Gasteiger partial charge < -0.3 is 9.84 Å². The summed E-state index contributed by atoms with van der Waals surface area (Å²) >= 11 is 3.17. The third-order valence-corrected chi connectivity index (χ3v) is 5.23. The zero-order valence-corrected chi connectivity index (χ0v) is 16.0. The van der Waals surface area contributed by atoms with Crippen LogP contribution in [0.5, 0.6) is 5.75 Å². The van der Waals surface area contributed by atoms with Gasteiger partial charge in [-0.1, -0.05) is 0 Å². The first kappa shape index (κ1) is 19.0. The van der Waals surface area contributed by atoms with Crippen LogP contribution in [0.1, 0.15) is 28.9 Å². The van der Waals surface area contributed by atoms with Gasteiger partial charge in [-0.15, -0.1) is 11.3 Å². The number of benzene rings is 1. The highest BCUT2D eigenvalue weighted by atomic mass is 32.1. The summed E-state index contributed by atoms with van der Waals surface area (Å²) in [6, 6.07) is 8.82. The Morgan fingerprint density at radius 2 is 1.96 bits per heavy atom. The van der Waals surface area contributed by atoms with Crippen molar-refractivity contribution in [2.75, 3.05) is 6.61 Å². The van der Waals surface area contributed by atoms with E-state index in [0.717, 1.165) is 16.3 Å². The minimum absolute atomic E-state index is 0.0755. The Bertz CT molecular complexity index is 927. The number of carbonyl (C=O) groups is 2. The number of thiophene rings is 1. The monoisotopic (exact) mass is 399 g/mol. The molecule has 0 spiro atoms. The molecule has 27 heavy (non-hydrogen) atoms. The van der Waals surface area contributed by atoms with Gasteiger partial charge in [0.05, 0.1) is 12.3 Å². The quantitative estimate of drug-likeness (QED) is 0.311. The van der Waals surface area contributed by atoms with Crippen molar-refractivity contribution in [3.63, 3.8) is 0 Å². The molecule has 0 aliphatic rings. The minimum atomic E-state index is -0.839. The molecule has 0 radical (unpaired) electrons. The fourth-order valence-corrected chi connectivity index (χ4v) is 3.77. The van der Waals surface area contributed by atoms with E-state index < -0.39 is 5.97 Å². The molecule has 3 rings (SSSR count). The van der Waals surface area contributed by atoms with Crippen molar-refractivity contribution in [3.05, 3.63) is 63.8 Å². The number of carboxylic acids is 1. The Balaban J connectivity index is 1.54. The molecule has 0 bridgehead atoms. The SMILES string of the molecule is O=C(O)CCCOc1ccc(C(=O)/C=C/c2csc(-c3ccsc3)n2)cc1. The molecule has 0 saturated carbocycles. The molecular formula is C20H17NO4S2. The molecule has 138 valence electrons. The van der Waals surface area contributed by atoms with Gasteiger partial charge in [-0.25, -0.2) is 4.98 Å². The van der Waals surface area contributed by atoms with Crippen molar-refractivity contribution in [2.45, 2.75) is 12.8 Å². The smallest absolute Gasteiger partial charge is 0.303 e. The molecule has 0 aliphatic carbocycles. The molecule has 2 aromatic heterocycles. The minimum Gasteiger partial charge on any atom is -0.494 e. The van der Waals surface area contributed by atoms with E-state index in [0.29, 0.717) is 24.3 Å². The summed E-state index contributed by atoms with van der Waals surface area (Å²) in [5.41, 5.74) is 2.40. The number of hydrogen-bond donors (Lipinski definition) is 1. The molecule has 1 aromatic carbocycles. The van der Waals surface area contributed by atoms with Crippen LogP contribution in [-0.4, -0.2) is 28.4 Å². The Morgan fingerprint density at radius 1 is 1.15 bits per heavy atom. The molecule has 0 fully saturated rings. The summed E-state index contributed by atoms with van der Waals surface area (Å²) in [5, 5.41) is 15.5. The third-order valence-electron chi connectivity index (χ3n) is 3.64. The molecule has 0 atom stereocenters. The number of allylic oxidation sites excluding steroid dienone is 1. The van der Waals surface area contributed by atoms with E-state index in [1.54, 1.807) is 53.0 Å². The van der Waals surface area contributed by atoms with Gasteiger partial charge >= 0.3 is 5.97 Å². The van der Waals surface area contributed by atoms with Gasteiger partial charge in [0.1, 0.15) is 10.8 Å². The van der Waals surface area contributed by atoms with Crippen molar-refractivity contribution in [1.82, 2.24) is 4.98 Å². The van der Waals surface area contributed by atoms with E-state index in [1.165, 1.54) is 6.08 Å². The number of ether oxygens (including phenoxy) is 1. The van der Waals surface area contributed by atoms with Crippen LogP contribution in [0.15, 0.2) is 52.5 Å². The van der Waals surface area contributed by atoms with E-state index in [9.17, 15) is 9.59 Å². The molecule has 3 aromatic rings. The molecule has 0 saturated heterocycles. The van der Waals surface area contributed by atoms with Gasteiger partial charge in [0, 0.05) is 28.3 Å². The van der Waals surface area contributed by atoms with Gasteiger partial charge in [0.2, 0.25) is 0 Å². The van der Waals surface area contributed by atoms with E-state index in [2.05, 4.69) is 4.98 Å². The largest absolute Gasteiger partial charge is 0.494 e. The molecule has 5 nitrogen and oxygen atoms in total. The van der Waals surface area contributed by atoms with Gasteiger partial charge in [0.15, 0.2) is 5.78 Å². The Kier molecular flexibility index (Phi) is 6.51. The highest BCUT2D eigenvalue weighted by Crippen LogP contribution is 2.26. The lowest BCUT2D eigenvalue weighted by Gasteiger charge is -2.05. The van der Waals surface area contributed by atoms with Gasteiger partial charge in [0.25, 0.3) is 0 Å². The van der Waals surface area contributed by atoms with Crippen molar-refractivity contribution >= 4 is 40.5 Å².